The van der Waals surface area contributed by atoms with Crippen LogP contribution in [0.15, 0.2) is 94.5 Å². The van der Waals surface area contributed by atoms with E-state index in [1.165, 1.54) is 26.5 Å². The molecule has 2 amide bonds. The Kier molecular flexibility index (Phi) is 12.7. The van der Waals surface area contributed by atoms with Gasteiger partial charge in [-0.1, -0.05) is 78.3 Å². The zero-order valence-electron chi connectivity index (χ0n) is 28.1. The van der Waals surface area contributed by atoms with Crippen LogP contribution in [-0.2, 0) is 29.1 Å². The molecule has 1 N–H and O–H groups in total. The second kappa shape index (κ2) is 17.5. The van der Waals surface area contributed by atoms with E-state index in [0.29, 0.717) is 13.1 Å². The highest BCUT2D eigenvalue weighted by atomic mass is 35.5. The van der Waals surface area contributed by atoms with Crippen LogP contribution in [0.5, 0.6) is 0 Å². The fourth-order valence-corrected chi connectivity index (χ4v) is 8.69. The van der Waals surface area contributed by atoms with Crippen molar-refractivity contribution in [2.45, 2.75) is 42.7 Å². The van der Waals surface area contributed by atoms with Gasteiger partial charge in [0.2, 0.25) is 5.91 Å². The Labute approximate surface area is 303 Å². The molecule has 0 saturated carbocycles. The second-order valence-corrected chi connectivity index (χ2v) is 15.2. The van der Waals surface area contributed by atoms with Gasteiger partial charge in [0.15, 0.2) is 0 Å². The number of thioether (sulfide) groups is 1. The molecule has 3 aromatic carbocycles. The minimum absolute atomic E-state index is 0.00141. The Morgan fingerprint density at radius 3 is 2.33 bits per heavy atom. The Bertz CT molecular complexity index is 1660. The van der Waals surface area contributed by atoms with Crippen molar-refractivity contribution in [1.82, 2.24) is 20.0 Å². The van der Waals surface area contributed by atoms with Gasteiger partial charge < -0.3 is 19.9 Å². The average Bonchev–Trinajstić information content (AvgIpc) is 3.60. The summed E-state index contributed by atoms with van der Waals surface area (Å²) < 4.78 is 6.95. The molecule has 0 aliphatic carbocycles. The number of hydrogen-bond donors (Lipinski definition) is 1. The third-order valence-corrected chi connectivity index (χ3v) is 12.1. The van der Waals surface area contributed by atoms with Crippen molar-refractivity contribution in [1.29, 1.82) is 0 Å². The van der Waals surface area contributed by atoms with Gasteiger partial charge in [0, 0.05) is 44.3 Å². The summed E-state index contributed by atoms with van der Waals surface area (Å²) in [7, 11) is 0. The summed E-state index contributed by atoms with van der Waals surface area (Å²) in [5, 5.41) is 5.92. The van der Waals surface area contributed by atoms with Crippen molar-refractivity contribution in [3.63, 3.8) is 0 Å². The van der Waals surface area contributed by atoms with Gasteiger partial charge in [0.05, 0.1) is 4.21 Å². The molecule has 7 nitrogen and oxygen atoms in total. The summed E-state index contributed by atoms with van der Waals surface area (Å²) in [4.78, 5) is 34.1. The number of piperidine rings is 1. The average molecular weight is 717 g/mol. The van der Waals surface area contributed by atoms with Crippen molar-refractivity contribution in [3.8, 4) is 11.1 Å². The maximum absolute atomic E-state index is 14.1. The molecule has 0 bridgehead atoms. The van der Waals surface area contributed by atoms with Crippen molar-refractivity contribution >= 4 is 46.7 Å². The highest BCUT2D eigenvalue weighted by Gasteiger charge is 2.36. The number of nitrogens with zero attached hydrogens (tertiary/aromatic N) is 3. The molecule has 2 aliphatic heterocycles. The third kappa shape index (κ3) is 9.67. The number of halogens is 1. The van der Waals surface area contributed by atoms with Gasteiger partial charge in [0.1, 0.15) is 12.6 Å². The number of alkyl carbamates (subject to hydrolysis) is 1. The van der Waals surface area contributed by atoms with E-state index in [0.717, 1.165) is 69.1 Å². The van der Waals surface area contributed by atoms with Gasteiger partial charge >= 0.3 is 6.09 Å². The molecular weight excluding hydrogens is 672 g/mol. The van der Waals surface area contributed by atoms with E-state index >= 15 is 0 Å². The lowest BCUT2D eigenvalue weighted by Gasteiger charge is -2.40. The summed E-state index contributed by atoms with van der Waals surface area (Å²) in [5.41, 5.74) is 5.91. The van der Waals surface area contributed by atoms with E-state index in [2.05, 4.69) is 69.2 Å². The van der Waals surface area contributed by atoms with Gasteiger partial charge in [-0.15, -0.1) is 23.1 Å². The number of benzene rings is 3. The molecule has 4 aromatic rings. The van der Waals surface area contributed by atoms with E-state index in [4.69, 9.17) is 16.3 Å². The smallest absolute Gasteiger partial charge is 0.408 e. The van der Waals surface area contributed by atoms with Crippen LogP contribution in [0.3, 0.4) is 0 Å². The van der Waals surface area contributed by atoms with Crippen molar-refractivity contribution < 1.29 is 14.3 Å². The lowest BCUT2D eigenvalue weighted by Crippen LogP contribution is -2.58. The number of piperazine rings is 1. The Hall–Kier alpha value is -3.34. The molecule has 0 radical (unpaired) electrons. The second-order valence-electron chi connectivity index (χ2n) is 12.8. The van der Waals surface area contributed by atoms with Crippen LogP contribution < -0.4 is 5.32 Å². The molecule has 10 heteroatoms. The fraction of sp³-hybridized carbons (Fsp3) is 0.385. The first kappa shape index (κ1) is 35.5. The quantitative estimate of drug-likeness (QED) is 0.152. The molecule has 6 rings (SSSR count). The van der Waals surface area contributed by atoms with Crippen LogP contribution in [0.1, 0.15) is 29.5 Å². The first-order valence-corrected chi connectivity index (χ1v) is 19.6. The zero-order chi connectivity index (χ0) is 34.0. The summed E-state index contributed by atoms with van der Waals surface area (Å²) in [6, 6.07) is 27.8. The number of nitrogens with one attached hydrogen (secondary N) is 1. The van der Waals surface area contributed by atoms with Crippen molar-refractivity contribution in [2.75, 3.05) is 52.1 Å². The fourth-order valence-electron chi connectivity index (χ4n) is 6.91. The maximum Gasteiger partial charge on any atom is 0.408 e. The highest BCUT2D eigenvalue weighted by Crippen LogP contribution is 2.30. The van der Waals surface area contributed by atoms with Gasteiger partial charge in [0.25, 0.3) is 0 Å². The molecule has 2 aliphatic rings. The molecule has 0 unspecified atom stereocenters. The SMILES string of the molecule is CSc1sccc1CN1CCN(C(=O)[C@H](NC(=O)OCc2ccccc2)C2CCN(CCc3cc(Cl)ccc3-c3ccccc3)CC2)CC1. The van der Waals surface area contributed by atoms with Gasteiger partial charge in [-0.3, -0.25) is 9.69 Å². The molecule has 1 aromatic heterocycles. The van der Waals surface area contributed by atoms with Crippen molar-refractivity contribution in [2.24, 2.45) is 5.92 Å². The number of likely N-dealkylation sites (tertiary alicyclic amines) is 1. The highest BCUT2D eigenvalue weighted by molar-refractivity contribution is 8.00. The summed E-state index contributed by atoms with van der Waals surface area (Å²) >= 11 is 10.0. The number of ether oxygens (including phenoxy) is 1. The molecule has 258 valence electrons. The zero-order valence-corrected chi connectivity index (χ0v) is 30.5. The van der Waals surface area contributed by atoms with E-state index < -0.39 is 12.1 Å². The van der Waals surface area contributed by atoms with Crippen LogP contribution in [0.25, 0.3) is 11.1 Å². The van der Waals surface area contributed by atoms with Crippen LogP contribution in [0, 0.1) is 5.92 Å². The number of carbonyl (C=O) groups is 2. The van der Waals surface area contributed by atoms with Crippen LogP contribution in [-0.4, -0.2) is 84.8 Å². The van der Waals surface area contributed by atoms with Gasteiger partial charge in [-0.2, -0.15) is 0 Å². The third-order valence-electron chi connectivity index (χ3n) is 9.68. The monoisotopic (exact) mass is 716 g/mol. The Balaban J connectivity index is 1.07. The lowest BCUT2D eigenvalue weighted by atomic mass is 9.88. The predicted molar refractivity (Wildman–Crippen MR) is 201 cm³/mol. The van der Waals surface area contributed by atoms with Crippen LogP contribution >= 0.6 is 34.7 Å². The number of amides is 2. The molecule has 3 heterocycles. The van der Waals surface area contributed by atoms with Crippen LogP contribution in [0.4, 0.5) is 4.79 Å². The molecule has 2 saturated heterocycles. The topological polar surface area (TPSA) is 65.1 Å². The number of rotatable bonds is 12. The van der Waals surface area contributed by atoms with E-state index in [1.54, 1.807) is 23.1 Å². The normalized spacial score (nSPS) is 16.7. The molecule has 0 spiro atoms. The van der Waals surface area contributed by atoms with E-state index in [1.807, 2.05) is 47.4 Å². The summed E-state index contributed by atoms with van der Waals surface area (Å²) in [5.74, 6) is 0.0357. The Morgan fingerprint density at radius 2 is 1.61 bits per heavy atom. The lowest BCUT2D eigenvalue weighted by molar-refractivity contribution is -0.137. The summed E-state index contributed by atoms with van der Waals surface area (Å²) in [6.45, 7) is 6.62. The van der Waals surface area contributed by atoms with Crippen molar-refractivity contribution in [3.05, 3.63) is 112 Å². The number of thiophene rings is 1. The van der Waals surface area contributed by atoms with E-state index in [9.17, 15) is 9.59 Å². The first-order valence-electron chi connectivity index (χ1n) is 17.1. The van der Waals surface area contributed by atoms with Crippen LogP contribution in [0.2, 0.25) is 5.02 Å². The number of hydrogen-bond acceptors (Lipinski definition) is 7. The maximum atomic E-state index is 14.1. The molecular formula is C39H45ClN4O3S2. The summed E-state index contributed by atoms with van der Waals surface area (Å²) in [6.07, 6.45) is 4.11. The minimum atomic E-state index is -0.616. The van der Waals surface area contributed by atoms with E-state index in [-0.39, 0.29) is 18.4 Å². The largest absolute Gasteiger partial charge is 0.445 e. The number of carbonyl (C=O) groups excluding carboxylic acids is 2. The molecule has 49 heavy (non-hydrogen) atoms. The Morgan fingerprint density at radius 1 is 0.898 bits per heavy atom. The molecule has 1 atom stereocenters. The predicted octanol–water partition coefficient (Wildman–Crippen LogP) is 7.68. The first-order chi connectivity index (χ1) is 24.0. The standard InChI is InChI=1S/C39H45ClN4O3S2/c1-48-38-33(17-25-49-38)27-43-21-23-44(24-22-43)37(45)36(41-39(46)47-28-29-8-4-2-5-9-29)31-14-18-42(19-15-31)20-16-32-26-34(40)12-13-35(32)30-10-6-3-7-11-30/h2-13,17,25-26,31,36H,14-16,18-24,27-28H2,1H3,(H,41,46)/t36-/m1/s1. The van der Waals surface area contributed by atoms with Gasteiger partial charge in [-0.05, 0) is 95.9 Å². The molecule has 2 fully saturated rings. The minimum Gasteiger partial charge on any atom is -0.445 e. The van der Waals surface area contributed by atoms with Gasteiger partial charge in [-0.25, -0.2) is 4.79 Å².